The fraction of sp³-hybridized carbons (Fsp3) is 0.385. The molecule has 2 aromatic carbocycles. The minimum absolute atomic E-state index is 0.124. The molecule has 0 spiro atoms. The number of pyridine rings is 1. The third-order valence-corrected chi connectivity index (χ3v) is 6.98. The maximum Gasteiger partial charge on any atom is 0.253 e. The van der Waals surface area contributed by atoms with Crippen molar-refractivity contribution in [2.24, 2.45) is 5.92 Å². The maximum absolute atomic E-state index is 13.5. The maximum atomic E-state index is 13.5. The van der Waals surface area contributed by atoms with Crippen LogP contribution in [0.4, 0.5) is 4.39 Å². The Morgan fingerprint density at radius 2 is 1.97 bits per heavy atom. The third kappa shape index (κ3) is 4.25. The SMILES string of the molecule is Cc1ccc2cc([C@@H](c3nnnn3Cc3ccc(F)cc3)N3CCC[C@H](C)C3)c(=O)[nH]c2c1C. The molecule has 1 fully saturated rings. The summed E-state index contributed by atoms with van der Waals surface area (Å²) < 4.78 is 15.1. The number of aromatic amines is 1. The number of piperidine rings is 1. The first kappa shape index (κ1) is 22.4. The van der Waals surface area contributed by atoms with Crippen LogP contribution in [0.1, 0.15) is 53.9 Å². The summed E-state index contributed by atoms with van der Waals surface area (Å²) in [5, 5.41) is 13.6. The zero-order chi connectivity index (χ0) is 23.8. The molecule has 7 nitrogen and oxygen atoms in total. The first-order valence-corrected chi connectivity index (χ1v) is 11.8. The number of hydrogen-bond acceptors (Lipinski definition) is 5. The largest absolute Gasteiger partial charge is 0.321 e. The normalized spacial score (nSPS) is 17.8. The Balaban J connectivity index is 1.63. The highest BCUT2D eigenvalue weighted by molar-refractivity contribution is 5.83. The second-order valence-electron chi connectivity index (χ2n) is 9.49. The molecule has 2 aromatic heterocycles. The van der Waals surface area contributed by atoms with Gasteiger partial charge in [-0.1, -0.05) is 31.2 Å². The molecule has 3 heterocycles. The van der Waals surface area contributed by atoms with Gasteiger partial charge < -0.3 is 4.98 Å². The molecular weight excluding hydrogens is 431 g/mol. The summed E-state index contributed by atoms with van der Waals surface area (Å²) in [6.07, 6.45) is 2.22. The number of tetrazole rings is 1. The van der Waals surface area contributed by atoms with Crippen molar-refractivity contribution in [2.45, 2.75) is 46.2 Å². The van der Waals surface area contributed by atoms with Gasteiger partial charge in [-0.2, -0.15) is 0 Å². The van der Waals surface area contributed by atoms with Crippen molar-refractivity contribution >= 4 is 10.9 Å². The molecule has 1 N–H and O–H groups in total. The summed E-state index contributed by atoms with van der Waals surface area (Å²) in [7, 11) is 0. The highest BCUT2D eigenvalue weighted by Gasteiger charge is 2.33. The summed E-state index contributed by atoms with van der Waals surface area (Å²) in [5.74, 6) is 0.850. The fourth-order valence-electron chi connectivity index (χ4n) is 4.99. The smallest absolute Gasteiger partial charge is 0.253 e. The summed E-state index contributed by atoms with van der Waals surface area (Å²) in [5.41, 5.74) is 4.48. The number of nitrogens with one attached hydrogen (secondary N) is 1. The number of nitrogens with zero attached hydrogens (tertiary/aromatic N) is 5. The van der Waals surface area contributed by atoms with Crippen LogP contribution in [0.15, 0.2) is 47.3 Å². The van der Waals surface area contributed by atoms with Gasteiger partial charge in [-0.15, -0.1) is 5.10 Å². The number of halogens is 1. The third-order valence-electron chi connectivity index (χ3n) is 6.98. The summed E-state index contributed by atoms with van der Waals surface area (Å²) >= 11 is 0. The Kier molecular flexibility index (Phi) is 6.00. The van der Waals surface area contributed by atoms with Gasteiger partial charge in [-0.25, -0.2) is 9.07 Å². The topological polar surface area (TPSA) is 79.7 Å². The average molecular weight is 461 g/mol. The molecule has 0 aliphatic carbocycles. The van der Waals surface area contributed by atoms with Gasteiger partial charge >= 0.3 is 0 Å². The molecule has 34 heavy (non-hydrogen) atoms. The van der Waals surface area contributed by atoms with Gasteiger partial charge in [0, 0.05) is 12.1 Å². The van der Waals surface area contributed by atoms with Crippen molar-refractivity contribution in [3.05, 3.63) is 86.7 Å². The van der Waals surface area contributed by atoms with Crippen molar-refractivity contribution in [3.63, 3.8) is 0 Å². The van der Waals surface area contributed by atoms with Crippen molar-refractivity contribution in [3.8, 4) is 0 Å². The summed E-state index contributed by atoms with van der Waals surface area (Å²) in [6.45, 7) is 8.43. The van der Waals surface area contributed by atoms with Gasteiger partial charge in [-0.3, -0.25) is 9.69 Å². The van der Waals surface area contributed by atoms with Crippen molar-refractivity contribution in [1.29, 1.82) is 0 Å². The molecule has 1 saturated heterocycles. The number of hydrogen-bond donors (Lipinski definition) is 1. The number of likely N-dealkylation sites (tertiary alicyclic amines) is 1. The Labute approximate surface area is 197 Å². The molecule has 4 aromatic rings. The van der Waals surface area contributed by atoms with Crippen LogP contribution >= 0.6 is 0 Å². The van der Waals surface area contributed by atoms with Crippen LogP contribution in [0.5, 0.6) is 0 Å². The van der Waals surface area contributed by atoms with E-state index in [1.807, 2.05) is 19.9 Å². The molecule has 1 aliphatic heterocycles. The minimum Gasteiger partial charge on any atom is -0.321 e. The second kappa shape index (κ2) is 9.10. The zero-order valence-electron chi connectivity index (χ0n) is 19.8. The fourth-order valence-corrected chi connectivity index (χ4v) is 4.99. The molecule has 1 aliphatic rings. The molecule has 0 radical (unpaired) electrons. The van der Waals surface area contributed by atoms with E-state index < -0.39 is 0 Å². The molecular formula is C26H29FN6O. The number of aryl methyl sites for hydroxylation is 2. The van der Waals surface area contributed by atoms with Gasteiger partial charge in [0.2, 0.25) is 0 Å². The molecule has 8 heteroatoms. The van der Waals surface area contributed by atoms with E-state index in [-0.39, 0.29) is 17.4 Å². The van der Waals surface area contributed by atoms with E-state index in [4.69, 9.17) is 0 Å². The second-order valence-corrected chi connectivity index (χ2v) is 9.49. The van der Waals surface area contributed by atoms with Crippen LogP contribution in [0.2, 0.25) is 0 Å². The van der Waals surface area contributed by atoms with Gasteiger partial charge in [0.15, 0.2) is 5.82 Å². The van der Waals surface area contributed by atoms with Crippen molar-refractivity contribution in [2.75, 3.05) is 13.1 Å². The predicted molar refractivity (Wildman–Crippen MR) is 129 cm³/mol. The van der Waals surface area contributed by atoms with Crippen LogP contribution in [0.25, 0.3) is 10.9 Å². The van der Waals surface area contributed by atoms with Gasteiger partial charge in [0.1, 0.15) is 11.9 Å². The van der Waals surface area contributed by atoms with Crippen LogP contribution < -0.4 is 5.56 Å². The van der Waals surface area contributed by atoms with Gasteiger partial charge in [-0.05, 0) is 89.9 Å². The standard InChI is InChI=1S/C26H29FN6O/c1-16-5-4-12-32(14-16)24(22-13-20-9-6-17(2)18(3)23(20)28-26(22)34)25-29-30-31-33(25)15-19-7-10-21(27)11-8-19/h6-11,13,16,24H,4-5,12,14-15H2,1-3H3,(H,28,34)/t16-,24-/m0/s1. The molecule has 0 bridgehead atoms. The lowest BCUT2D eigenvalue weighted by molar-refractivity contribution is 0.141. The first-order chi connectivity index (χ1) is 16.4. The molecule has 0 unspecified atom stereocenters. The number of fused-ring (bicyclic) bond motifs is 1. The number of aromatic nitrogens is 5. The minimum atomic E-state index is -0.382. The van der Waals surface area contributed by atoms with Crippen LogP contribution in [-0.2, 0) is 6.54 Å². The van der Waals surface area contributed by atoms with E-state index in [2.05, 4.69) is 44.5 Å². The van der Waals surface area contributed by atoms with E-state index in [1.54, 1.807) is 16.8 Å². The highest BCUT2D eigenvalue weighted by Crippen LogP contribution is 2.31. The molecule has 0 amide bonds. The monoisotopic (exact) mass is 460 g/mol. The number of rotatable bonds is 5. The molecule has 2 atom stereocenters. The molecule has 0 saturated carbocycles. The first-order valence-electron chi connectivity index (χ1n) is 11.8. The van der Waals surface area contributed by atoms with E-state index >= 15 is 0 Å². The van der Waals surface area contributed by atoms with E-state index in [1.165, 1.54) is 12.1 Å². The summed E-state index contributed by atoms with van der Waals surface area (Å²) in [6, 6.07) is 12.1. The van der Waals surface area contributed by atoms with E-state index in [0.29, 0.717) is 23.9 Å². The van der Waals surface area contributed by atoms with Crippen molar-refractivity contribution in [1.82, 2.24) is 30.1 Å². The average Bonchev–Trinajstić information content (AvgIpc) is 3.27. The molecule has 176 valence electrons. The van der Waals surface area contributed by atoms with E-state index in [0.717, 1.165) is 53.5 Å². The Morgan fingerprint density at radius 1 is 1.18 bits per heavy atom. The van der Waals surface area contributed by atoms with Crippen molar-refractivity contribution < 1.29 is 4.39 Å². The number of benzene rings is 2. The van der Waals surface area contributed by atoms with Gasteiger partial charge in [0.25, 0.3) is 5.56 Å². The van der Waals surface area contributed by atoms with E-state index in [9.17, 15) is 9.18 Å². The highest BCUT2D eigenvalue weighted by atomic mass is 19.1. The Morgan fingerprint density at radius 3 is 2.74 bits per heavy atom. The Hall–Kier alpha value is -3.39. The van der Waals surface area contributed by atoms with Crippen LogP contribution in [-0.4, -0.2) is 43.2 Å². The molecule has 5 rings (SSSR count). The predicted octanol–water partition coefficient (Wildman–Crippen LogP) is 4.14. The lowest BCUT2D eigenvalue weighted by atomic mass is 9.95. The van der Waals surface area contributed by atoms with Gasteiger partial charge in [0.05, 0.1) is 12.1 Å². The number of H-pyrrole nitrogens is 1. The lowest BCUT2D eigenvalue weighted by Crippen LogP contribution is -2.41. The quantitative estimate of drug-likeness (QED) is 0.484. The zero-order valence-corrected chi connectivity index (χ0v) is 19.8. The lowest BCUT2D eigenvalue weighted by Gasteiger charge is -2.36. The van der Waals surface area contributed by atoms with Crippen LogP contribution in [0, 0.1) is 25.6 Å². The summed E-state index contributed by atoms with van der Waals surface area (Å²) in [4.78, 5) is 18.9. The van der Waals surface area contributed by atoms with Crippen LogP contribution in [0.3, 0.4) is 0 Å². The Bertz CT molecular complexity index is 1380.